The van der Waals surface area contributed by atoms with E-state index in [1.165, 1.54) is 6.92 Å². The van der Waals surface area contributed by atoms with Crippen LogP contribution >= 0.6 is 0 Å². The van der Waals surface area contributed by atoms with E-state index in [9.17, 15) is 36.6 Å². The molecule has 0 aliphatic heterocycles. The summed E-state index contributed by atoms with van der Waals surface area (Å²) in [6.45, 7) is 4.84. The number of phenols is 1. The third-order valence-corrected chi connectivity index (χ3v) is 5.25. The lowest BCUT2D eigenvalue weighted by molar-refractivity contribution is -0.274. The number of carbonyl (C=O) groups is 2. The Bertz CT molecular complexity index is 1250. The fourth-order valence-electron chi connectivity index (χ4n) is 3.46. The molecule has 0 unspecified atom stereocenters. The number of halogens is 5. The van der Waals surface area contributed by atoms with Crippen LogP contribution in [0.25, 0.3) is 10.9 Å². The van der Waals surface area contributed by atoms with Gasteiger partial charge in [-0.05, 0) is 50.1 Å². The molecule has 2 aromatic carbocycles. The van der Waals surface area contributed by atoms with Crippen LogP contribution in [0.5, 0.6) is 11.5 Å². The van der Waals surface area contributed by atoms with Gasteiger partial charge < -0.3 is 14.6 Å². The number of esters is 1. The Kier molecular flexibility index (Phi) is 6.85. The second-order valence-corrected chi connectivity index (χ2v) is 7.58. The Labute approximate surface area is 190 Å². The van der Waals surface area contributed by atoms with Gasteiger partial charge in [0.05, 0.1) is 18.0 Å². The van der Waals surface area contributed by atoms with Crippen LogP contribution in [0.4, 0.5) is 22.0 Å². The summed E-state index contributed by atoms with van der Waals surface area (Å²) in [6, 6.07) is 4.68. The maximum atomic E-state index is 14.9. The summed E-state index contributed by atoms with van der Waals surface area (Å²) in [6.07, 6.45) is -5.28. The summed E-state index contributed by atoms with van der Waals surface area (Å²) in [5.41, 5.74) is -0.309. The molecule has 1 N–H and O–H groups in total. The quantitative estimate of drug-likeness (QED) is 0.374. The molecule has 11 heteroatoms. The number of benzene rings is 2. The van der Waals surface area contributed by atoms with Crippen LogP contribution in [-0.2, 0) is 16.0 Å². The van der Waals surface area contributed by atoms with Gasteiger partial charge in [0.25, 0.3) is 5.91 Å². The van der Waals surface area contributed by atoms with Crippen molar-refractivity contribution in [1.29, 1.82) is 0 Å². The molecular formula is C23H20F5NO5. The van der Waals surface area contributed by atoms with E-state index >= 15 is 0 Å². The summed E-state index contributed by atoms with van der Waals surface area (Å²) in [7, 11) is 0. The van der Waals surface area contributed by atoms with E-state index in [1.54, 1.807) is 13.8 Å². The van der Waals surface area contributed by atoms with Gasteiger partial charge in [0.1, 0.15) is 5.75 Å². The van der Waals surface area contributed by atoms with Crippen LogP contribution < -0.4 is 4.74 Å². The second-order valence-electron chi connectivity index (χ2n) is 7.58. The molecule has 6 nitrogen and oxygen atoms in total. The zero-order valence-electron chi connectivity index (χ0n) is 18.3. The minimum Gasteiger partial charge on any atom is -0.503 e. The van der Waals surface area contributed by atoms with E-state index in [2.05, 4.69) is 4.74 Å². The molecule has 0 radical (unpaired) electrons. The molecule has 1 aromatic heterocycles. The highest BCUT2D eigenvalue weighted by Crippen LogP contribution is 2.36. The Morgan fingerprint density at radius 1 is 1.15 bits per heavy atom. The fraction of sp³-hybridized carbons (Fsp3) is 0.304. The maximum absolute atomic E-state index is 14.9. The Balaban J connectivity index is 2.11. The summed E-state index contributed by atoms with van der Waals surface area (Å²) in [5.74, 6) is -6.08. The average molecular weight is 485 g/mol. The van der Waals surface area contributed by atoms with Gasteiger partial charge >= 0.3 is 12.3 Å². The van der Waals surface area contributed by atoms with Gasteiger partial charge in [0, 0.05) is 22.7 Å². The number of fused-ring (bicyclic) bond motifs is 1. The van der Waals surface area contributed by atoms with Crippen LogP contribution in [0.15, 0.2) is 30.3 Å². The van der Waals surface area contributed by atoms with E-state index in [4.69, 9.17) is 4.74 Å². The van der Waals surface area contributed by atoms with Crippen LogP contribution in [0.2, 0.25) is 0 Å². The van der Waals surface area contributed by atoms with E-state index in [-0.39, 0.29) is 27.7 Å². The molecule has 1 heterocycles. The summed E-state index contributed by atoms with van der Waals surface area (Å²) in [4.78, 5) is 25.5. The minimum atomic E-state index is -4.92. The van der Waals surface area contributed by atoms with E-state index in [0.717, 1.165) is 34.9 Å². The summed E-state index contributed by atoms with van der Waals surface area (Å²) in [5, 5.41) is 9.41. The first-order valence-electron chi connectivity index (χ1n) is 10.1. The Morgan fingerprint density at radius 2 is 1.76 bits per heavy atom. The third-order valence-electron chi connectivity index (χ3n) is 5.25. The minimum absolute atomic E-state index is 0.00137. The number of aromatic nitrogens is 1. The molecule has 0 amide bonds. The molecule has 0 saturated carbocycles. The van der Waals surface area contributed by atoms with E-state index < -0.39 is 53.9 Å². The van der Waals surface area contributed by atoms with Gasteiger partial charge in [-0.2, -0.15) is 0 Å². The number of hydrogen-bond donors (Lipinski definition) is 1. The number of hydrogen-bond acceptors (Lipinski definition) is 5. The number of carbonyl (C=O) groups excluding carboxylic acids is 2. The van der Waals surface area contributed by atoms with Crippen molar-refractivity contribution in [3.63, 3.8) is 0 Å². The summed E-state index contributed by atoms with van der Waals surface area (Å²) < 4.78 is 76.1. The van der Waals surface area contributed by atoms with Crippen molar-refractivity contribution in [2.45, 2.75) is 46.1 Å². The van der Waals surface area contributed by atoms with Crippen molar-refractivity contribution in [1.82, 2.24) is 4.57 Å². The zero-order chi connectivity index (χ0) is 25.4. The monoisotopic (exact) mass is 485 g/mol. The predicted molar refractivity (Wildman–Crippen MR) is 111 cm³/mol. The number of phenolic OH excluding ortho intramolecular Hbond substituents is 1. The van der Waals surface area contributed by atoms with Gasteiger partial charge in [-0.1, -0.05) is 6.92 Å². The van der Waals surface area contributed by atoms with Crippen molar-refractivity contribution in [3.8, 4) is 11.5 Å². The third kappa shape index (κ3) is 4.97. The number of alkyl halides is 3. The average Bonchev–Trinajstić information content (AvgIpc) is 3.01. The van der Waals surface area contributed by atoms with Gasteiger partial charge in [-0.15, -0.1) is 13.2 Å². The lowest BCUT2D eigenvalue weighted by atomic mass is 10.1. The van der Waals surface area contributed by atoms with Gasteiger partial charge in [0.15, 0.2) is 17.4 Å². The SMILES string of the molecule is CC[C@H](C)OC(=O)Cc1c(C)n(C(=O)c2ccc(OC(F)(F)F)cc2)c2cc(F)c(O)c(F)c12. The molecule has 3 rings (SSSR count). The topological polar surface area (TPSA) is 77.8 Å². The van der Waals surface area contributed by atoms with Crippen LogP contribution in [0, 0.1) is 18.6 Å². The first-order valence-corrected chi connectivity index (χ1v) is 10.1. The molecule has 0 spiro atoms. The molecular weight excluding hydrogens is 465 g/mol. The largest absolute Gasteiger partial charge is 0.573 e. The normalized spacial score (nSPS) is 12.6. The van der Waals surface area contributed by atoms with Gasteiger partial charge in [0.2, 0.25) is 0 Å². The van der Waals surface area contributed by atoms with Crippen LogP contribution in [0.1, 0.15) is 41.9 Å². The Morgan fingerprint density at radius 3 is 2.32 bits per heavy atom. The summed E-state index contributed by atoms with van der Waals surface area (Å²) >= 11 is 0. The van der Waals surface area contributed by atoms with Crippen molar-refractivity contribution in [2.75, 3.05) is 0 Å². The van der Waals surface area contributed by atoms with Crippen molar-refractivity contribution >= 4 is 22.8 Å². The highest BCUT2D eigenvalue weighted by molar-refractivity contribution is 6.05. The molecule has 0 aliphatic rings. The van der Waals surface area contributed by atoms with Crippen molar-refractivity contribution in [2.24, 2.45) is 0 Å². The Hall–Kier alpha value is -3.63. The molecule has 0 fully saturated rings. The zero-order valence-corrected chi connectivity index (χ0v) is 18.3. The molecule has 3 aromatic rings. The van der Waals surface area contributed by atoms with Crippen molar-refractivity contribution in [3.05, 3.63) is 58.8 Å². The predicted octanol–water partition coefficient (Wildman–Crippen LogP) is 5.40. The molecule has 0 saturated heterocycles. The van der Waals surface area contributed by atoms with E-state index in [0.29, 0.717) is 6.42 Å². The standard InChI is InChI=1S/C23H20F5NO5/c1-4-11(2)33-18(30)9-15-12(3)29(17-10-16(24)21(31)20(25)19(15)17)22(32)13-5-7-14(8-6-13)34-23(26,27)28/h5-8,10-11,31H,4,9H2,1-3H3/t11-/m0/s1. The smallest absolute Gasteiger partial charge is 0.503 e. The highest BCUT2D eigenvalue weighted by atomic mass is 19.4. The number of rotatable bonds is 6. The molecule has 34 heavy (non-hydrogen) atoms. The van der Waals surface area contributed by atoms with E-state index in [1.807, 2.05) is 0 Å². The van der Waals surface area contributed by atoms with Gasteiger partial charge in [-0.25, -0.2) is 8.78 Å². The van der Waals surface area contributed by atoms with Gasteiger partial charge in [-0.3, -0.25) is 14.2 Å². The van der Waals surface area contributed by atoms with Crippen LogP contribution in [0.3, 0.4) is 0 Å². The first-order chi connectivity index (χ1) is 15.8. The van der Waals surface area contributed by atoms with Crippen LogP contribution in [-0.4, -0.2) is 34.0 Å². The molecule has 0 aliphatic carbocycles. The number of nitrogens with zero attached hydrogens (tertiary/aromatic N) is 1. The van der Waals surface area contributed by atoms with Crippen molar-refractivity contribution < 1.29 is 46.1 Å². The lowest BCUT2D eigenvalue weighted by Crippen LogP contribution is -2.18. The highest BCUT2D eigenvalue weighted by Gasteiger charge is 2.31. The number of ether oxygens (including phenoxy) is 2. The lowest BCUT2D eigenvalue weighted by Gasteiger charge is -2.11. The maximum Gasteiger partial charge on any atom is 0.573 e. The number of aromatic hydroxyl groups is 1. The fourth-order valence-corrected chi connectivity index (χ4v) is 3.46. The first kappa shape index (κ1) is 25.0. The molecule has 0 bridgehead atoms. The molecule has 182 valence electrons. The second kappa shape index (κ2) is 9.32. The molecule has 1 atom stereocenters.